The number of carbonyl (C=O) groups is 1. The molecule has 1 aliphatic rings. The van der Waals surface area contributed by atoms with Crippen molar-refractivity contribution in [1.29, 1.82) is 0 Å². The van der Waals surface area contributed by atoms with Crippen molar-refractivity contribution in [2.75, 3.05) is 13.7 Å². The van der Waals surface area contributed by atoms with Gasteiger partial charge in [0.05, 0.1) is 18.8 Å². The van der Waals surface area contributed by atoms with E-state index in [1.807, 2.05) is 72.6 Å². The van der Waals surface area contributed by atoms with E-state index in [1.54, 1.807) is 19.5 Å². The van der Waals surface area contributed by atoms with Gasteiger partial charge in [-0.2, -0.15) is 0 Å². The van der Waals surface area contributed by atoms with Gasteiger partial charge in [0.15, 0.2) is 5.82 Å². The molecule has 1 atom stereocenters. The Balaban J connectivity index is 1.43. The third kappa shape index (κ3) is 4.29. The third-order valence-electron chi connectivity index (χ3n) is 6.37. The fourth-order valence-corrected chi connectivity index (χ4v) is 4.55. The molecular formula is C27H27N5O2. The fourth-order valence-electron chi connectivity index (χ4n) is 4.55. The van der Waals surface area contributed by atoms with Crippen LogP contribution in [0.25, 0.3) is 11.4 Å². The molecule has 7 heteroatoms. The number of hydrogen-bond acceptors (Lipinski definition) is 5. The molecule has 1 fully saturated rings. The Morgan fingerprint density at radius 3 is 2.79 bits per heavy atom. The number of amides is 1. The Kier molecular flexibility index (Phi) is 6.08. The summed E-state index contributed by atoms with van der Waals surface area (Å²) in [4.78, 5) is 29.3. The summed E-state index contributed by atoms with van der Waals surface area (Å²) in [5.41, 5.74) is 3.46. The monoisotopic (exact) mass is 453 g/mol. The van der Waals surface area contributed by atoms with Gasteiger partial charge in [-0.25, -0.2) is 15.0 Å². The first-order valence-corrected chi connectivity index (χ1v) is 11.5. The van der Waals surface area contributed by atoms with Crippen molar-refractivity contribution in [3.63, 3.8) is 0 Å². The second-order valence-electron chi connectivity index (χ2n) is 8.45. The summed E-state index contributed by atoms with van der Waals surface area (Å²) in [7, 11) is 1.64. The summed E-state index contributed by atoms with van der Waals surface area (Å²) in [5, 5.41) is 0. The van der Waals surface area contributed by atoms with E-state index in [-0.39, 0.29) is 11.9 Å². The van der Waals surface area contributed by atoms with E-state index in [2.05, 4.69) is 14.5 Å². The van der Waals surface area contributed by atoms with Crippen LogP contribution < -0.4 is 4.74 Å². The van der Waals surface area contributed by atoms with Crippen molar-refractivity contribution in [1.82, 2.24) is 24.4 Å². The Bertz CT molecular complexity index is 1320. The third-order valence-corrected chi connectivity index (χ3v) is 6.37. The van der Waals surface area contributed by atoms with Gasteiger partial charge in [0.2, 0.25) is 0 Å². The highest BCUT2D eigenvalue weighted by Gasteiger charge is 2.32. The number of hydrogen-bond donors (Lipinski definition) is 0. The molecule has 0 radical (unpaired) electrons. The minimum absolute atomic E-state index is 0.0393. The lowest BCUT2D eigenvalue weighted by molar-refractivity contribution is 0.0731. The van der Waals surface area contributed by atoms with Crippen molar-refractivity contribution < 1.29 is 9.53 Å². The average molecular weight is 454 g/mol. The predicted molar refractivity (Wildman–Crippen MR) is 130 cm³/mol. The lowest BCUT2D eigenvalue weighted by atomic mass is 10.0. The maximum Gasteiger partial charge on any atom is 0.254 e. The molecule has 2 aromatic heterocycles. The molecule has 1 amide bonds. The highest BCUT2D eigenvalue weighted by molar-refractivity contribution is 5.96. The highest BCUT2D eigenvalue weighted by Crippen LogP contribution is 2.33. The first-order chi connectivity index (χ1) is 16.6. The van der Waals surface area contributed by atoms with Crippen LogP contribution in [-0.2, 0) is 6.54 Å². The molecule has 1 saturated heterocycles. The second kappa shape index (κ2) is 9.47. The minimum atomic E-state index is -0.0807. The summed E-state index contributed by atoms with van der Waals surface area (Å²) >= 11 is 0. The standard InChI is InChI=1S/C27H27N5O2/c1-19-28-14-16-31(19)18-21-7-3-4-10-23(21)27(33)32-15-6-11-25(32)24-12-13-29-26(30-24)20-8-5-9-22(17-20)34-2/h3-5,7-10,12-14,16-17,25H,6,11,15,18H2,1-2H3/t25-/m0/s1. The quantitative estimate of drug-likeness (QED) is 0.424. The first kappa shape index (κ1) is 21.8. The van der Waals surface area contributed by atoms with Crippen LogP contribution in [0.3, 0.4) is 0 Å². The fraction of sp³-hybridized carbons (Fsp3) is 0.259. The molecule has 34 heavy (non-hydrogen) atoms. The number of aromatic nitrogens is 4. The number of likely N-dealkylation sites (tertiary alicyclic amines) is 1. The van der Waals surface area contributed by atoms with E-state index in [4.69, 9.17) is 9.72 Å². The van der Waals surface area contributed by atoms with E-state index in [0.29, 0.717) is 18.9 Å². The van der Waals surface area contributed by atoms with Crippen LogP contribution in [0.5, 0.6) is 5.75 Å². The number of imidazole rings is 1. The Labute approximate surface area is 199 Å². The molecule has 0 unspecified atom stereocenters. The molecule has 3 heterocycles. The maximum atomic E-state index is 13.7. The second-order valence-corrected chi connectivity index (χ2v) is 8.45. The smallest absolute Gasteiger partial charge is 0.254 e. The molecule has 1 aliphatic heterocycles. The minimum Gasteiger partial charge on any atom is -0.497 e. The van der Waals surface area contributed by atoms with Gasteiger partial charge in [-0.3, -0.25) is 4.79 Å². The lowest BCUT2D eigenvalue weighted by Gasteiger charge is -2.25. The number of rotatable bonds is 6. The number of carbonyl (C=O) groups excluding carboxylic acids is 1. The van der Waals surface area contributed by atoms with Crippen molar-refractivity contribution in [3.8, 4) is 17.1 Å². The Hall–Kier alpha value is -4.00. The molecule has 5 rings (SSSR count). The first-order valence-electron chi connectivity index (χ1n) is 11.5. The predicted octanol–water partition coefficient (Wildman–Crippen LogP) is 4.68. The zero-order valence-electron chi connectivity index (χ0n) is 19.4. The molecule has 2 aromatic carbocycles. The molecule has 0 spiro atoms. The lowest BCUT2D eigenvalue weighted by Crippen LogP contribution is -2.32. The van der Waals surface area contributed by atoms with Crippen LogP contribution in [0.1, 0.15) is 46.3 Å². The van der Waals surface area contributed by atoms with Gasteiger partial charge >= 0.3 is 0 Å². The molecule has 0 saturated carbocycles. The van der Waals surface area contributed by atoms with Crippen LogP contribution >= 0.6 is 0 Å². The molecule has 0 bridgehead atoms. The number of benzene rings is 2. The van der Waals surface area contributed by atoms with Gasteiger partial charge in [-0.1, -0.05) is 30.3 Å². The summed E-state index contributed by atoms with van der Waals surface area (Å²) in [6.45, 7) is 3.29. The highest BCUT2D eigenvalue weighted by atomic mass is 16.5. The van der Waals surface area contributed by atoms with Crippen LogP contribution in [0.15, 0.2) is 73.2 Å². The molecule has 4 aromatic rings. The normalized spacial score (nSPS) is 15.5. The zero-order valence-corrected chi connectivity index (χ0v) is 19.4. The molecule has 7 nitrogen and oxygen atoms in total. The van der Waals surface area contributed by atoms with Gasteiger partial charge < -0.3 is 14.2 Å². The summed E-state index contributed by atoms with van der Waals surface area (Å²) in [5.74, 6) is 2.35. The van der Waals surface area contributed by atoms with Gasteiger partial charge in [-0.05, 0) is 49.6 Å². The number of methoxy groups -OCH3 is 1. The van der Waals surface area contributed by atoms with E-state index in [9.17, 15) is 4.79 Å². The van der Waals surface area contributed by atoms with Gasteiger partial charge in [0, 0.05) is 42.8 Å². The number of nitrogens with zero attached hydrogens (tertiary/aromatic N) is 5. The number of ether oxygens (including phenoxy) is 1. The molecular weight excluding hydrogens is 426 g/mol. The summed E-state index contributed by atoms with van der Waals surface area (Å²) in [6.07, 6.45) is 7.32. The van der Waals surface area contributed by atoms with Crippen LogP contribution in [0.4, 0.5) is 0 Å². The van der Waals surface area contributed by atoms with Crippen molar-refractivity contribution in [2.45, 2.75) is 32.4 Å². The zero-order chi connectivity index (χ0) is 23.5. The van der Waals surface area contributed by atoms with E-state index in [1.165, 1.54) is 0 Å². The topological polar surface area (TPSA) is 73.1 Å². The average Bonchev–Trinajstić information content (AvgIpc) is 3.53. The number of aryl methyl sites for hydroxylation is 1. The van der Waals surface area contributed by atoms with Gasteiger partial charge in [-0.15, -0.1) is 0 Å². The van der Waals surface area contributed by atoms with Crippen LogP contribution in [-0.4, -0.2) is 44.0 Å². The van der Waals surface area contributed by atoms with Crippen molar-refractivity contribution in [2.24, 2.45) is 0 Å². The largest absolute Gasteiger partial charge is 0.497 e. The maximum absolute atomic E-state index is 13.7. The SMILES string of the molecule is COc1cccc(-c2nccc([C@@H]3CCCN3C(=O)c3ccccc3Cn3ccnc3C)n2)c1. The Morgan fingerprint density at radius 2 is 1.97 bits per heavy atom. The Morgan fingerprint density at radius 1 is 1.09 bits per heavy atom. The van der Waals surface area contributed by atoms with E-state index >= 15 is 0 Å². The van der Waals surface area contributed by atoms with Crippen molar-refractivity contribution in [3.05, 3.63) is 95.8 Å². The van der Waals surface area contributed by atoms with Gasteiger partial charge in [0.1, 0.15) is 11.6 Å². The van der Waals surface area contributed by atoms with Gasteiger partial charge in [0.25, 0.3) is 5.91 Å². The van der Waals surface area contributed by atoms with E-state index < -0.39 is 0 Å². The van der Waals surface area contributed by atoms with Crippen LogP contribution in [0, 0.1) is 6.92 Å². The van der Waals surface area contributed by atoms with E-state index in [0.717, 1.165) is 46.8 Å². The molecule has 172 valence electrons. The van der Waals surface area contributed by atoms with Crippen LogP contribution in [0.2, 0.25) is 0 Å². The summed E-state index contributed by atoms with van der Waals surface area (Å²) in [6, 6.07) is 17.4. The van der Waals surface area contributed by atoms with Crippen molar-refractivity contribution >= 4 is 5.91 Å². The molecule has 0 N–H and O–H groups in total. The molecule has 0 aliphatic carbocycles. The summed E-state index contributed by atoms with van der Waals surface area (Å²) < 4.78 is 7.40.